The Labute approximate surface area is 319 Å². The maximum Gasteiger partial charge on any atom is 0.472 e. The third-order valence-corrected chi connectivity index (χ3v) is 10.4. The maximum absolute atomic E-state index is 12.6. The quantitative estimate of drug-likeness (QED) is 0.0270. The largest absolute Gasteiger partial charge is 0.472 e. The third kappa shape index (κ3) is 38.5. The molecule has 0 amide bonds. The summed E-state index contributed by atoms with van der Waals surface area (Å²) in [6.07, 6.45) is 39.6. The highest BCUT2D eigenvalue weighted by Gasteiger charge is 2.26. The molecule has 0 aliphatic carbocycles. The second-order valence-corrected chi connectivity index (χ2v) is 16.0. The van der Waals surface area contributed by atoms with E-state index < -0.39 is 26.5 Å². The Morgan fingerprint density at radius 3 is 1.37 bits per heavy atom. The van der Waals surface area contributed by atoms with Crippen LogP contribution in [-0.4, -0.2) is 49.3 Å². The van der Waals surface area contributed by atoms with Crippen molar-refractivity contribution in [3.05, 3.63) is 12.2 Å². The zero-order chi connectivity index (χ0) is 38.2. The van der Waals surface area contributed by atoms with Crippen LogP contribution in [0.4, 0.5) is 0 Å². The van der Waals surface area contributed by atoms with Crippen molar-refractivity contribution in [2.45, 2.75) is 219 Å². The lowest BCUT2D eigenvalue weighted by atomic mass is 10.1. The molecule has 0 spiro atoms. The zero-order valence-corrected chi connectivity index (χ0v) is 34.7. The molecule has 0 saturated carbocycles. The van der Waals surface area contributed by atoms with E-state index >= 15 is 0 Å². The van der Waals surface area contributed by atoms with Gasteiger partial charge in [0.1, 0.15) is 6.61 Å². The summed E-state index contributed by atoms with van der Waals surface area (Å²) >= 11 is 0. The number of carbonyl (C=O) groups is 2. The van der Waals surface area contributed by atoms with Gasteiger partial charge in [-0.3, -0.25) is 18.6 Å². The zero-order valence-electron chi connectivity index (χ0n) is 33.8. The van der Waals surface area contributed by atoms with Gasteiger partial charge < -0.3 is 20.1 Å². The molecular weight excluding hydrogens is 677 g/mol. The summed E-state index contributed by atoms with van der Waals surface area (Å²) < 4.78 is 32.7. The van der Waals surface area contributed by atoms with Gasteiger partial charge in [0, 0.05) is 19.4 Å². The van der Waals surface area contributed by atoms with E-state index in [-0.39, 0.29) is 38.6 Å². The molecule has 0 radical (unpaired) electrons. The minimum Gasteiger partial charge on any atom is -0.462 e. The van der Waals surface area contributed by atoms with E-state index in [1.165, 1.54) is 141 Å². The molecule has 2 atom stereocenters. The van der Waals surface area contributed by atoms with Gasteiger partial charge in [-0.2, -0.15) is 0 Å². The molecule has 0 fully saturated rings. The summed E-state index contributed by atoms with van der Waals surface area (Å²) in [5.41, 5.74) is 5.34. The summed E-state index contributed by atoms with van der Waals surface area (Å²) in [6, 6.07) is 0. The molecule has 0 rings (SSSR count). The van der Waals surface area contributed by atoms with Crippen molar-refractivity contribution in [3.63, 3.8) is 0 Å². The highest BCUT2D eigenvalue weighted by Crippen LogP contribution is 2.43. The lowest BCUT2D eigenvalue weighted by Gasteiger charge is -2.19. The molecule has 0 heterocycles. The Hall–Kier alpha value is -1.25. The average Bonchev–Trinajstić information content (AvgIpc) is 3.13. The van der Waals surface area contributed by atoms with E-state index in [9.17, 15) is 19.0 Å². The van der Waals surface area contributed by atoms with Crippen molar-refractivity contribution >= 4 is 19.8 Å². The van der Waals surface area contributed by atoms with E-state index in [1.807, 2.05) is 0 Å². The lowest BCUT2D eigenvalue weighted by Crippen LogP contribution is -2.29. The van der Waals surface area contributed by atoms with Crippen molar-refractivity contribution < 1.29 is 37.6 Å². The highest BCUT2D eigenvalue weighted by molar-refractivity contribution is 7.47. The monoisotopic (exact) mass is 760 g/mol. The van der Waals surface area contributed by atoms with Crippen LogP contribution >= 0.6 is 7.82 Å². The van der Waals surface area contributed by atoms with Gasteiger partial charge in [-0.15, -0.1) is 0 Å². The van der Waals surface area contributed by atoms with Gasteiger partial charge in [0.05, 0.1) is 13.2 Å². The highest BCUT2D eigenvalue weighted by atomic mass is 31.2. The topological polar surface area (TPSA) is 134 Å². The van der Waals surface area contributed by atoms with E-state index in [0.29, 0.717) is 6.42 Å². The number of rotatable bonds is 41. The van der Waals surface area contributed by atoms with Crippen LogP contribution in [-0.2, 0) is 32.7 Å². The number of nitrogens with two attached hydrogens (primary N) is 1. The van der Waals surface area contributed by atoms with Gasteiger partial charge in [-0.1, -0.05) is 174 Å². The smallest absolute Gasteiger partial charge is 0.462 e. The Bertz CT molecular complexity index is 871. The number of phosphoric acid groups is 1. The van der Waals surface area contributed by atoms with Crippen LogP contribution in [0.3, 0.4) is 0 Å². The second kappa shape index (κ2) is 39.4. The van der Waals surface area contributed by atoms with Gasteiger partial charge >= 0.3 is 19.8 Å². The molecule has 0 aromatic carbocycles. The molecule has 0 bridgehead atoms. The number of phosphoric ester groups is 1. The molecular formula is C42H82NO8P. The Morgan fingerprint density at radius 2 is 0.942 bits per heavy atom. The third-order valence-electron chi connectivity index (χ3n) is 9.40. The number of esters is 2. The van der Waals surface area contributed by atoms with E-state index in [2.05, 4.69) is 26.0 Å². The van der Waals surface area contributed by atoms with Crippen LogP contribution < -0.4 is 5.73 Å². The number of carbonyl (C=O) groups excluding carboxylic acids is 2. The molecule has 0 aromatic heterocycles. The number of unbranched alkanes of at least 4 members (excludes halogenated alkanes) is 26. The first-order valence-corrected chi connectivity index (χ1v) is 23.2. The molecule has 52 heavy (non-hydrogen) atoms. The standard InChI is InChI=1S/C42H82NO8P/c1-3-5-7-9-11-13-15-16-17-18-19-20-21-22-23-24-25-27-29-31-33-35-42(45)51-40(39-50-52(46,47)49-37-36-43)38-48-41(44)34-32-30-28-26-14-12-10-8-6-4-2/h18-19,40H,3-17,20-39,43H2,1-2H3,(H,46,47)/b19-18-. The summed E-state index contributed by atoms with van der Waals surface area (Å²) in [5, 5.41) is 0. The van der Waals surface area contributed by atoms with Crippen LogP contribution in [0.15, 0.2) is 12.2 Å². The first kappa shape index (κ1) is 50.8. The van der Waals surface area contributed by atoms with Gasteiger partial charge in [-0.25, -0.2) is 4.57 Å². The van der Waals surface area contributed by atoms with E-state index in [4.69, 9.17) is 24.3 Å². The predicted octanol–water partition coefficient (Wildman–Crippen LogP) is 12.2. The fourth-order valence-corrected chi connectivity index (χ4v) is 6.92. The maximum atomic E-state index is 12.6. The van der Waals surface area contributed by atoms with Crippen LogP contribution in [0.1, 0.15) is 213 Å². The molecule has 0 aromatic rings. The van der Waals surface area contributed by atoms with Gasteiger partial charge in [0.25, 0.3) is 0 Å². The fourth-order valence-electron chi connectivity index (χ4n) is 6.16. The molecule has 0 aliphatic rings. The summed E-state index contributed by atoms with van der Waals surface area (Å²) in [4.78, 5) is 34.8. The Balaban J connectivity index is 4.06. The first-order valence-electron chi connectivity index (χ1n) is 21.7. The molecule has 0 saturated heterocycles. The van der Waals surface area contributed by atoms with Gasteiger partial charge in [0.2, 0.25) is 0 Å². The number of hydrogen-bond acceptors (Lipinski definition) is 8. The number of allylic oxidation sites excluding steroid dienone is 2. The van der Waals surface area contributed by atoms with Crippen LogP contribution in [0.2, 0.25) is 0 Å². The van der Waals surface area contributed by atoms with Gasteiger partial charge in [0.15, 0.2) is 6.10 Å². The first-order chi connectivity index (χ1) is 25.3. The molecule has 2 unspecified atom stereocenters. The molecule has 0 aliphatic heterocycles. The minimum absolute atomic E-state index is 0.0558. The Morgan fingerprint density at radius 1 is 0.558 bits per heavy atom. The van der Waals surface area contributed by atoms with Crippen molar-refractivity contribution in [1.82, 2.24) is 0 Å². The van der Waals surface area contributed by atoms with Crippen molar-refractivity contribution in [2.24, 2.45) is 5.73 Å². The van der Waals surface area contributed by atoms with E-state index in [1.54, 1.807) is 0 Å². The van der Waals surface area contributed by atoms with Crippen LogP contribution in [0, 0.1) is 0 Å². The fraction of sp³-hybridized carbons (Fsp3) is 0.905. The van der Waals surface area contributed by atoms with Crippen LogP contribution in [0.25, 0.3) is 0 Å². The molecule has 10 heteroatoms. The predicted molar refractivity (Wildman–Crippen MR) is 215 cm³/mol. The molecule has 3 N–H and O–H groups in total. The number of hydrogen-bond donors (Lipinski definition) is 2. The van der Waals surface area contributed by atoms with Crippen molar-refractivity contribution in [2.75, 3.05) is 26.4 Å². The van der Waals surface area contributed by atoms with Crippen molar-refractivity contribution in [1.29, 1.82) is 0 Å². The minimum atomic E-state index is -4.37. The summed E-state index contributed by atoms with van der Waals surface area (Å²) in [7, 11) is -4.37. The SMILES string of the molecule is CCCCCCCCCC/C=C\CCCCCCCCCCCC(=O)OC(COC(=O)CCCCCCCCCCCC)COP(=O)(O)OCCN. The lowest BCUT2D eigenvalue weighted by molar-refractivity contribution is -0.161. The van der Waals surface area contributed by atoms with Gasteiger partial charge in [-0.05, 0) is 38.5 Å². The number of ether oxygens (including phenoxy) is 2. The molecule has 9 nitrogen and oxygen atoms in total. The average molecular weight is 760 g/mol. The summed E-state index contributed by atoms with van der Waals surface area (Å²) in [6.45, 7) is 3.73. The van der Waals surface area contributed by atoms with E-state index in [0.717, 1.165) is 38.5 Å². The summed E-state index contributed by atoms with van der Waals surface area (Å²) in [5.74, 6) is -0.824. The Kier molecular flexibility index (Phi) is 38.5. The van der Waals surface area contributed by atoms with Crippen LogP contribution in [0.5, 0.6) is 0 Å². The molecule has 308 valence electrons. The van der Waals surface area contributed by atoms with Crippen molar-refractivity contribution in [3.8, 4) is 0 Å². The normalized spacial score (nSPS) is 13.4. The second-order valence-electron chi connectivity index (χ2n) is 14.6.